The predicted octanol–water partition coefficient (Wildman–Crippen LogP) is 22.8. The van der Waals surface area contributed by atoms with E-state index in [-0.39, 0.29) is 25.7 Å². The molecule has 0 aliphatic carbocycles. The fraction of sp³-hybridized carbons (Fsp3) is 0.949. The van der Waals surface area contributed by atoms with Crippen molar-refractivity contribution >= 4 is 39.5 Å². The molecule has 576 valence electrons. The molecule has 0 bridgehead atoms. The SMILES string of the molecule is CCC(C)CCCCCCCCCCCCCCCCC(=O)O[C@H](COC(=O)CCCCCCCCCCCCCCCC(C)C)COP(=O)(O)OC[C@@H](O)COP(=O)(O)OC[C@@H](COC(=O)CCCCCCCCC(C)CC)OC(=O)CCCCCCCCCCCCC(C)C. The van der Waals surface area contributed by atoms with Crippen molar-refractivity contribution in [2.75, 3.05) is 39.6 Å². The third kappa shape index (κ3) is 69.5. The Bertz CT molecular complexity index is 1910. The molecule has 0 aromatic heterocycles. The molecule has 97 heavy (non-hydrogen) atoms. The normalized spacial score (nSPS) is 14.6. The smallest absolute Gasteiger partial charge is 0.462 e. The summed E-state index contributed by atoms with van der Waals surface area (Å²) in [5.41, 5.74) is 0. The number of rotatable bonds is 75. The van der Waals surface area contributed by atoms with Crippen LogP contribution in [-0.2, 0) is 65.4 Å². The number of hydrogen-bond acceptors (Lipinski definition) is 15. The summed E-state index contributed by atoms with van der Waals surface area (Å²) in [7, 11) is -9.92. The summed E-state index contributed by atoms with van der Waals surface area (Å²) in [6.45, 7) is 14.2. The van der Waals surface area contributed by atoms with Gasteiger partial charge in [-0.2, -0.15) is 0 Å². The zero-order chi connectivity index (χ0) is 71.7. The van der Waals surface area contributed by atoms with E-state index < -0.39 is 97.5 Å². The third-order valence-corrected chi connectivity index (χ3v) is 20.7. The second-order valence-electron chi connectivity index (χ2n) is 29.5. The second kappa shape index (κ2) is 67.2. The summed E-state index contributed by atoms with van der Waals surface area (Å²) in [5.74, 6) is 1.00. The number of hydrogen-bond donors (Lipinski definition) is 3. The van der Waals surface area contributed by atoms with Crippen molar-refractivity contribution < 1.29 is 80.2 Å². The standard InChI is InChI=1S/C78H152O17P2/c1-9-70(7)56-48-40-32-26-19-15-11-12-16-21-28-34-44-52-60-77(82)94-73(64-88-75(80)58-50-42-33-27-20-17-13-14-18-24-30-38-46-54-68(3)4)66-92-96(84,85)90-62-72(79)63-91-97(86,87)93-67-74(65-89-76(81)59-51-43-37-36-41-49-57-71(8)10-2)95-78(83)61-53-45-35-29-23-22-25-31-39-47-55-69(5)6/h68-74,79H,9-67H2,1-8H3,(H,84,85)(H,86,87)/t70?,71?,72-,73-,74-/m1/s1. The van der Waals surface area contributed by atoms with E-state index in [2.05, 4.69) is 55.4 Å². The van der Waals surface area contributed by atoms with Crippen molar-refractivity contribution in [1.82, 2.24) is 0 Å². The van der Waals surface area contributed by atoms with Gasteiger partial charge in [0.15, 0.2) is 12.2 Å². The van der Waals surface area contributed by atoms with Crippen molar-refractivity contribution in [3.8, 4) is 0 Å². The van der Waals surface area contributed by atoms with Crippen molar-refractivity contribution in [2.45, 2.75) is 414 Å². The van der Waals surface area contributed by atoms with Gasteiger partial charge in [-0.15, -0.1) is 0 Å². The van der Waals surface area contributed by atoms with Crippen LogP contribution in [0.3, 0.4) is 0 Å². The topological polar surface area (TPSA) is 237 Å². The first-order chi connectivity index (χ1) is 46.7. The molecule has 0 rings (SSSR count). The molecule has 0 aliphatic heterocycles. The van der Waals surface area contributed by atoms with Crippen LogP contribution >= 0.6 is 15.6 Å². The highest BCUT2D eigenvalue weighted by atomic mass is 31.2. The molecule has 19 heteroatoms. The highest BCUT2D eigenvalue weighted by Gasteiger charge is 2.30. The molecule has 0 fully saturated rings. The van der Waals surface area contributed by atoms with Crippen LogP contribution in [0.2, 0.25) is 0 Å². The van der Waals surface area contributed by atoms with E-state index in [1.807, 2.05) is 0 Å². The van der Waals surface area contributed by atoms with Crippen LogP contribution < -0.4 is 0 Å². The summed E-state index contributed by atoms with van der Waals surface area (Å²) in [6.07, 6.45) is 52.7. The zero-order valence-electron chi connectivity index (χ0n) is 63.7. The van der Waals surface area contributed by atoms with E-state index in [0.717, 1.165) is 120 Å². The number of carbonyl (C=O) groups excluding carboxylic acids is 4. The number of aliphatic hydroxyl groups excluding tert-OH is 1. The maximum atomic E-state index is 13.1. The van der Waals surface area contributed by atoms with Crippen LogP contribution in [0.1, 0.15) is 396 Å². The van der Waals surface area contributed by atoms with Crippen LogP contribution in [-0.4, -0.2) is 96.7 Å². The van der Waals surface area contributed by atoms with E-state index in [1.165, 1.54) is 193 Å². The Balaban J connectivity index is 5.26. The molecular weight excluding hydrogens is 1270 g/mol. The minimum absolute atomic E-state index is 0.105. The summed E-state index contributed by atoms with van der Waals surface area (Å²) < 4.78 is 68.6. The molecule has 0 aromatic carbocycles. The van der Waals surface area contributed by atoms with E-state index in [9.17, 15) is 43.2 Å². The Morgan fingerprint density at radius 2 is 0.495 bits per heavy atom. The Labute approximate surface area is 594 Å². The summed E-state index contributed by atoms with van der Waals surface area (Å²) in [6, 6.07) is 0. The molecule has 7 atom stereocenters. The first-order valence-corrected chi connectivity index (χ1v) is 43.3. The zero-order valence-corrected chi connectivity index (χ0v) is 65.5. The molecule has 0 spiro atoms. The van der Waals surface area contributed by atoms with Gasteiger partial charge in [0.1, 0.15) is 19.3 Å². The number of ether oxygens (including phenoxy) is 4. The molecule has 0 heterocycles. The molecule has 3 N–H and O–H groups in total. The Morgan fingerprint density at radius 3 is 0.732 bits per heavy atom. The van der Waals surface area contributed by atoms with Crippen molar-refractivity contribution in [1.29, 1.82) is 0 Å². The number of phosphoric acid groups is 2. The van der Waals surface area contributed by atoms with E-state index in [1.54, 1.807) is 0 Å². The third-order valence-electron chi connectivity index (χ3n) is 18.8. The predicted molar refractivity (Wildman–Crippen MR) is 395 cm³/mol. The minimum atomic E-state index is -4.96. The maximum absolute atomic E-state index is 13.1. The average Bonchev–Trinajstić information content (AvgIpc) is 1.80. The first kappa shape index (κ1) is 95.1. The van der Waals surface area contributed by atoms with Crippen LogP contribution in [0.15, 0.2) is 0 Å². The number of unbranched alkanes of at least 4 members (excludes halogenated alkanes) is 39. The molecule has 0 amide bonds. The van der Waals surface area contributed by atoms with Crippen molar-refractivity contribution in [3.05, 3.63) is 0 Å². The average molecular weight is 1420 g/mol. The molecular formula is C78H152O17P2. The minimum Gasteiger partial charge on any atom is -0.462 e. The largest absolute Gasteiger partial charge is 0.472 e. The van der Waals surface area contributed by atoms with Gasteiger partial charge >= 0.3 is 39.5 Å². The van der Waals surface area contributed by atoms with Gasteiger partial charge in [-0.1, -0.05) is 344 Å². The van der Waals surface area contributed by atoms with Crippen LogP contribution in [0, 0.1) is 23.7 Å². The monoisotopic (exact) mass is 1420 g/mol. The Kier molecular flexibility index (Phi) is 65.9. The van der Waals surface area contributed by atoms with Gasteiger partial charge in [-0.3, -0.25) is 37.3 Å². The molecule has 4 unspecified atom stereocenters. The Hall–Kier alpha value is -1.94. The van der Waals surface area contributed by atoms with Crippen molar-refractivity contribution in [2.24, 2.45) is 23.7 Å². The number of carbonyl (C=O) groups is 4. The molecule has 0 saturated carbocycles. The quantitative estimate of drug-likeness (QED) is 0.0222. The van der Waals surface area contributed by atoms with Gasteiger partial charge in [-0.05, 0) is 49.4 Å². The summed E-state index contributed by atoms with van der Waals surface area (Å²) in [4.78, 5) is 72.9. The lowest BCUT2D eigenvalue weighted by Crippen LogP contribution is -2.30. The van der Waals surface area contributed by atoms with E-state index >= 15 is 0 Å². The summed E-state index contributed by atoms with van der Waals surface area (Å²) >= 11 is 0. The number of esters is 4. The lowest BCUT2D eigenvalue weighted by atomic mass is 9.99. The Morgan fingerprint density at radius 1 is 0.289 bits per heavy atom. The lowest BCUT2D eigenvalue weighted by Gasteiger charge is -2.21. The van der Waals surface area contributed by atoms with Gasteiger partial charge in [0, 0.05) is 25.7 Å². The number of aliphatic hydroxyl groups is 1. The molecule has 0 aliphatic rings. The highest BCUT2D eigenvalue weighted by molar-refractivity contribution is 7.47. The second-order valence-corrected chi connectivity index (χ2v) is 32.4. The summed E-state index contributed by atoms with van der Waals surface area (Å²) in [5, 5.41) is 10.6. The molecule has 0 saturated heterocycles. The first-order valence-electron chi connectivity index (χ1n) is 40.3. The fourth-order valence-electron chi connectivity index (χ4n) is 11.8. The van der Waals surface area contributed by atoms with Gasteiger partial charge in [-0.25, -0.2) is 9.13 Å². The number of phosphoric ester groups is 2. The van der Waals surface area contributed by atoms with Crippen LogP contribution in [0.4, 0.5) is 0 Å². The molecule has 17 nitrogen and oxygen atoms in total. The van der Waals surface area contributed by atoms with Gasteiger partial charge in [0.25, 0.3) is 0 Å². The van der Waals surface area contributed by atoms with Gasteiger partial charge in [0.05, 0.1) is 26.4 Å². The van der Waals surface area contributed by atoms with Gasteiger partial charge < -0.3 is 33.8 Å². The van der Waals surface area contributed by atoms with Crippen LogP contribution in [0.5, 0.6) is 0 Å². The van der Waals surface area contributed by atoms with E-state index in [4.69, 9.17) is 37.0 Å². The maximum Gasteiger partial charge on any atom is 0.472 e. The highest BCUT2D eigenvalue weighted by Crippen LogP contribution is 2.45. The molecule has 0 aromatic rings. The lowest BCUT2D eigenvalue weighted by molar-refractivity contribution is -0.161. The van der Waals surface area contributed by atoms with E-state index in [0.29, 0.717) is 25.7 Å². The molecule has 0 radical (unpaired) electrons. The van der Waals surface area contributed by atoms with Crippen molar-refractivity contribution in [3.63, 3.8) is 0 Å². The van der Waals surface area contributed by atoms with Crippen LogP contribution in [0.25, 0.3) is 0 Å². The van der Waals surface area contributed by atoms with Gasteiger partial charge in [0.2, 0.25) is 0 Å². The fourth-order valence-corrected chi connectivity index (χ4v) is 13.4.